The van der Waals surface area contributed by atoms with Crippen molar-refractivity contribution >= 4 is 23.2 Å². The maximum absolute atomic E-state index is 9.88. The Hall–Kier alpha value is -0.350. The smallest absolute Gasteiger partial charge is 0.131 e. The van der Waals surface area contributed by atoms with Gasteiger partial charge in [0.1, 0.15) is 10.3 Å². The van der Waals surface area contributed by atoms with Gasteiger partial charge in [-0.05, 0) is 17.7 Å². The molecular weight excluding hydrogens is 223 g/mol. The summed E-state index contributed by atoms with van der Waals surface area (Å²) in [6.45, 7) is 1.23. The van der Waals surface area contributed by atoms with E-state index in [2.05, 4.69) is 10.3 Å². The van der Waals surface area contributed by atoms with Gasteiger partial charge in [0, 0.05) is 19.5 Å². The lowest BCUT2D eigenvalue weighted by atomic mass is 9.90. The molecule has 2 rings (SSSR count). The second kappa shape index (κ2) is 3.66. The van der Waals surface area contributed by atoms with E-state index < -0.39 is 5.60 Å². The minimum Gasteiger partial charge on any atom is -0.387 e. The van der Waals surface area contributed by atoms with E-state index in [1.807, 2.05) is 0 Å². The second-order valence-corrected chi connectivity index (χ2v) is 4.40. The van der Waals surface area contributed by atoms with Gasteiger partial charge in [0.05, 0.1) is 5.60 Å². The zero-order chi connectivity index (χ0) is 10.2. The molecule has 0 radical (unpaired) electrons. The van der Waals surface area contributed by atoms with Gasteiger partial charge >= 0.3 is 0 Å². The first-order valence-corrected chi connectivity index (χ1v) is 5.08. The monoisotopic (exact) mass is 232 g/mol. The van der Waals surface area contributed by atoms with Crippen LogP contribution in [0.1, 0.15) is 5.56 Å². The molecule has 2 heterocycles. The standard InChI is InChI=1S/C9H10Cl2N2O/c10-7-1-6(2-8(11)13-7)3-9(14)4-12-5-9/h1-2,12,14H,3-5H2. The first kappa shape index (κ1) is 10.2. The van der Waals surface area contributed by atoms with Crippen LogP contribution in [0.5, 0.6) is 0 Å². The Morgan fingerprint density at radius 1 is 1.36 bits per heavy atom. The third-order valence-electron chi connectivity index (χ3n) is 2.26. The van der Waals surface area contributed by atoms with E-state index in [0.29, 0.717) is 29.8 Å². The number of hydrogen-bond donors (Lipinski definition) is 2. The Morgan fingerprint density at radius 3 is 2.36 bits per heavy atom. The van der Waals surface area contributed by atoms with Crippen molar-refractivity contribution in [1.29, 1.82) is 0 Å². The van der Waals surface area contributed by atoms with Crippen molar-refractivity contribution in [2.45, 2.75) is 12.0 Å². The molecule has 2 N–H and O–H groups in total. The van der Waals surface area contributed by atoms with Gasteiger partial charge in [0.15, 0.2) is 0 Å². The van der Waals surface area contributed by atoms with Crippen LogP contribution in [0.2, 0.25) is 10.3 Å². The van der Waals surface area contributed by atoms with Crippen LogP contribution in [-0.4, -0.2) is 28.8 Å². The van der Waals surface area contributed by atoms with Gasteiger partial charge < -0.3 is 10.4 Å². The molecule has 1 fully saturated rings. The molecule has 76 valence electrons. The van der Waals surface area contributed by atoms with E-state index in [9.17, 15) is 5.11 Å². The quantitative estimate of drug-likeness (QED) is 0.756. The number of pyridine rings is 1. The maximum Gasteiger partial charge on any atom is 0.131 e. The van der Waals surface area contributed by atoms with Crippen LogP contribution < -0.4 is 5.32 Å². The van der Waals surface area contributed by atoms with Crippen molar-refractivity contribution < 1.29 is 5.11 Å². The van der Waals surface area contributed by atoms with Crippen LogP contribution in [-0.2, 0) is 6.42 Å². The van der Waals surface area contributed by atoms with Gasteiger partial charge in [-0.1, -0.05) is 23.2 Å². The lowest BCUT2D eigenvalue weighted by molar-refractivity contribution is -0.00902. The van der Waals surface area contributed by atoms with Gasteiger partial charge in [-0.15, -0.1) is 0 Å². The summed E-state index contributed by atoms with van der Waals surface area (Å²) in [7, 11) is 0. The highest BCUT2D eigenvalue weighted by atomic mass is 35.5. The van der Waals surface area contributed by atoms with Gasteiger partial charge in [0.25, 0.3) is 0 Å². The maximum atomic E-state index is 9.88. The summed E-state index contributed by atoms with van der Waals surface area (Å²) >= 11 is 11.5. The van der Waals surface area contributed by atoms with Crippen molar-refractivity contribution in [2.24, 2.45) is 0 Å². The predicted molar refractivity (Wildman–Crippen MR) is 55.8 cm³/mol. The number of hydrogen-bond acceptors (Lipinski definition) is 3. The zero-order valence-corrected chi connectivity index (χ0v) is 8.94. The van der Waals surface area contributed by atoms with Gasteiger partial charge in [-0.2, -0.15) is 0 Å². The number of aromatic nitrogens is 1. The topological polar surface area (TPSA) is 45.2 Å². The van der Waals surface area contributed by atoms with Crippen LogP contribution in [0, 0.1) is 0 Å². The first-order valence-electron chi connectivity index (χ1n) is 4.32. The van der Waals surface area contributed by atoms with Gasteiger partial charge in [-0.3, -0.25) is 0 Å². The molecule has 1 aliphatic heterocycles. The van der Waals surface area contributed by atoms with E-state index in [-0.39, 0.29) is 0 Å². The fourth-order valence-corrected chi connectivity index (χ4v) is 2.04. The average molecular weight is 233 g/mol. The number of nitrogens with zero attached hydrogens (tertiary/aromatic N) is 1. The molecule has 3 nitrogen and oxygen atoms in total. The van der Waals surface area contributed by atoms with E-state index in [4.69, 9.17) is 23.2 Å². The zero-order valence-electron chi connectivity index (χ0n) is 7.43. The van der Waals surface area contributed by atoms with Gasteiger partial charge in [-0.25, -0.2) is 4.98 Å². The molecular formula is C9H10Cl2N2O. The van der Waals surface area contributed by atoms with Crippen molar-refractivity contribution in [2.75, 3.05) is 13.1 Å². The van der Waals surface area contributed by atoms with Crippen LogP contribution in [0.3, 0.4) is 0 Å². The number of aliphatic hydroxyl groups is 1. The normalized spacial score (nSPS) is 19.1. The molecule has 0 spiro atoms. The molecule has 5 heteroatoms. The molecule has 1 aromatic heterocycles. The van der Waals surface area contributed by atoms with E-state index >= 15 is 0 Å². The molecule has 0 aliphatic carbocycles. The lowest BCUT2D eigenvalue weighted by Crippen LogP contribution is -2.60. The van der Waals surface area contributed by atoms with Gasteiger partial charge in [0.2, 0.25) is 0 Å². The molecule has 14 heavy (non-hydrogen) atoms. The molecule has 0 amide bonds. The minimum atomic E-state index is -0.645. The van der Waals surface area contributed by atoms with Crippen LogP contribution >= 0.6 is 23.2 Å². The van der Waals surface area contributed by atoms with Crippen molar-refractivity contribution in [1.82, 2.24) is 10.3 Å². The SMILES string of the molecule is OC1(Cc2cc(Cl)nc(Cl)c2)CNC1. The van der Waals surface area contributed by atoms with E-state index in [0.717, 1.165) is 5.56 Å². The Kier molecular flexibility index (Phi) is 2.66. The van der Waals surface area contributed by atoms with Crippen molar-refractivity contribution in [3.8, 4) is 0 Å². The molecule has 0 aromatic carbocycles. The highest BCUT2D eigenvalue weighted by Crippen LogP contribution is 2.21. The number of β-amino-alcohol motifs (C(OH)–C–C–N with tert-alkyl or cyclic N) is 1. The molecule has 0 bridgehead atoms. The summed E-state index contributed by atoms with van der Waals surface area (Å²) in [5.74, 6) is 0. The number of halogens is 2. The van der Waals surface area contributed by atoms with Crippen LogP contribution in [0.15, 0.2) is 12.1 Å². The Balaban J connectivity index is 2.16. The molecule has 0 unspecified atom stereocenters. The van der Waals surface area contributed by atoms with Crippen LogP contribution in [0.25, 0.3) is 0 Å². The summed E-state index contributed by atoms with van der Waals surface area (Å²) in [5, 5.41) is 13.6. The average Bonchev–Trinajstić information content (AvgIpc) is 1.99. The predicted octanol–water partition coefficient (Wildman–Crippen LogP) is 1.27. The highest BCUT2D eigenvalue weighted by molar-refractivity contribution is 6.32. The summed E-state index contributed by atoms with van der Waals surface area (Å²) < 4.78 is 0. The largest absolute Gasteiger partial charge is 0.387 e. The van der Waals surface area contributed by atoms with Crippen LogP contribution in [0.4, 0.5) is 0 Å². The Morgan fingerprint density at radius 2 is 1.93 bits per heavy atom. The number of nitrogens with one attached hydrogen (secondary N) is 1. The van der Waals surface area contributed by atoms with Crippen molar-refractivity contribution in [3.63, 3.8) is 0 Å². The molecule has 0 saturated carbocycles. The van der Waals surface area contributed by atoms with Crippen molar-refractivity contribution in [3.05, 3.63) is 28.0 Å². The minimum absolute atomic E-state index is 0.364. The second-order valence-electron chi connectivity index (χ2n) is 3.63. The Bertz CT molecular complexity index is 332. The van der Waals surface area contributed by atoms with E-state index in [1.165, 1.54) is 0 Å². The summed E-state index contributed by atoms with van der Waals surface area (Å²) in [6, 6.07) is 3.45. The fraction of sp³-hybridized carbons (Fsp3) is 0.444. The third kappa shape index (κ3) is 2.17. The highest BCUT2D eigenvalue weighted by Gasteiger charge is 2.34. The fourth-order valence-electron chi connectivity index (χ4n) is 1.53. The lowest BCUT2D eigenvalue weighted by Gasteiger charge is -2.37. The third-order valence-corrected chi connectivity index (χ3v) is 2.65. The van der Waals surface area contributed by atoms with E-state index in [1.54, 1.807) is 12.1 Å². The molecule has 0 atom stereocenters. The summed E-state index contributed by atoms with van der Waals surface area (Å²) in [5.41, 5.74) is 0.271. The Labute approximate surface area is 92.1 Å². The molecule has 1 saturated heterocycles. The summed E-state index contributed by atoms with van der Waals surface area (Å²) in [4.78, 5) is 3.84. The number of rotatable bonds is 2. The summed E-state index contributed by atoms with van der Waals surface area (Å²) in [6.07, 6.45) is 0.558. The first-order chi connectivity index (χ1) is 6.57. The molecule has 1 aromatic rings. The molecule has 1 aliphatic rings.